The number of methoxy groups -OCH3 is 1. The Balaban J connectivity index is 2.08. The van der Waals surface area contributed by atoms with Crippen LogP contribution in [-0.2, 0) is 22.4 Å². The molecule has 2 atom stereocenters. The Hall–Kier alpha value is -1.43. The predicted octanol–water partition coefficient (Wildman–Crippen LogP) is 1.29. The highest BCUT2D eigenvalue weighted by molar-refractivity contribution is 5.67. The maximum Gasteiger partial charge on any atom is 0.305 e. The van der Waals surface area contributed by atoms with Crippen molar-refractivity contribution in [3.63, 3.8) is 0 Å². The van der Waals surface area contributed by atoms with E-state index >= 15 is 0 Å². The molecule has 0 amide bonds. The van der Waals surface area contributed by atoms with Crippen molar-refractivity contribution in [1.82, 2.24) is 5.32 Å². The second-order valence-electron chi connectivity index (χ2n) is 5.48. The molecule has 0 aliphatic heterocycles. The molecule has 1 aliphatic rings. The summed E-state index contributed by atoms with van der Waals surface area (Å²) in [6.07, 6.45) is 2.33. The number of rotatable bonds is 8. The van der Waals surface area contributed by atoms with Crippen molar-refractivity contribution in [3.8, 4) is 0 Å². The molecule has 0 aromatic heterocycles. The fraction of sp³-hybridized carbons (Fsp3) is 0.562. The molecule has 2 rings (SSSR count). The van der Waals surface area contributed by atoms with Crippen molar-refractivity contribution in [2.45, 2.75) is 37.8 Å². The van der Waals surface area contributed by atoms with Crippen LogP contribution in [0.25, 0.3) is 0 Å². The number of aliphatic carboxylic acids is 1. The van der Waals surface area contributed by atoms with Crippen LogP contribution in [0.2, 0.25) is 0 Å². The molecule has 1 aliphatic carbocycles. The summed E-state index contributed by atoms with van der Waals surface area (Å²) in [6, 6.07) is 5.45. The van der Waals surface area contributed by atoms with Crippen molar-refractivity contribution in [2.24, 2.45) is 0 Å². The van der Waals surface area contributed by atoms with E-state index in [0.29, 0.717) is 13.2 Å². The van der Waals surface area contributed by atoms with Crippen molar-refractivity contribution < 1.29 is 19.7 Å². The lowest BCUT2D eigenvalue weighted by Crippen LogP contribution is -2.38. The van der Waals surface area contributed by atoms with Gasteiger partial charge in [-0.25, -0.2) is 0 Å². The van der Waals surface area contributed by atoms with E-state index in [9.17, 15) is 9.90 Å². The van der Waals surface area contributed by atoms with Gasteiger partial charge in [-0.15, -0.1) is 0 Å². The molecular weight excluding hydrogens is 270 g/mol. The molecule has 0 spiro atoms. The van der Waals surface area contributed by atoms with Crippen molar-refractivity contribution >= 4 is 5.97 Å². The van der Waals surface area contributed by atoms with Gasteiger partial charge in [0.1, 0.15) is 0 Å². The number of aryl methyl sites for hydroxylation is 2. The van der Waals surface area contributed by atoms with Gasteiger partial charge in [0, 0.05) is 19.7 Å². The van der Waals surface area contributed by atoms with E-state index < -0.39 is 18.1 Å². The van der Waals surface area contributed by atoms with Gasteiger partial charge in [-0.05, 0) is 36.0 Å². The van der Waals surface area contributed by atoms with E-state index in [4.69, 9.17) is 9.84 Å². The fourth-order valence-electron chi connectivity index (χ4n) is 2.84. The summed E-state index contributed by atoms with van der Waals surface area (Å²) >= 11 is 0. The van der Waals surface area contributed by atoms with Crippen LogP contribution in [0.1, 0.15) is 35.6 Å². The van der Waals surface area contributed by atoms with Gasteiger partial charge in [-0.2, -0.15) is 0 Å². The number of carboxylic acids is 1. The number of carbonyl (C=O) groups is 1. The van der Waals surface area contributed by atoms with E-state index in [-0.39, 0.29) is 6.42 Å². The number of fused-ring (bicyclic) bond motifs is 1. The molecule has 116 valence electrons. The number of hydrogen-bond donors (Lipinski definition) is 3. The first-order valence-corrected chi connectivity index (χ1v) is 7.35. The summed E-state index contributed by atoms with van der Waals surface area (Å²) in [7, 11) is 1.59. The second-order valence-corrected chi connectivity index (χ2v) is 5.48. The summed E-state index contributed by atoms with van der Waals surface area (Å²) < 4.78 is 4.95. The van der Waals surface area contributed by atoms with Gasteiger partial charge >= 0.3 is 5.97 Å². The minimum Gasteiger partial charge on any atom is -0.481 e. The SMILES string of the molecule is COCCNC(CC(=O)O)C(O)c1ccc2c(c1)CCC2. The molecule has 1 aromatic rings. The molecule has 3 N–H and O–H groups in total. The molecule has 0 radical (unpaired) electrons. The summed E-state index contributed by atoms with van der Waals surface area (Å²) in [4.78, 5) is 11.0. The Labute approximate surface area is 124 Å². The quantitative estimate of drug-likeness (QED) is 0.629. The zero-order chi connectivity index (χ0) is 15.2. The average Bonchev–Trinajstić information content (AvgIpc) is 2.92. The number of ether oxygens (including phenoxy) is 1. The summed E-state index contributed by atoms with van der Waals surface area (Å²) in [5, 5.41) is 22.6. The topological polar surface area (TPSA) is 78.8 Å². The number of benzene rings is 1. The van der Waals surface area contributed by atoms with Gasteiger partial charge < -0.3 is 20.3 Å². The largest absolute Gasteiger partial charge is 0.481 e. The predicted molar refractivity (Wildman–Crippen MR) is 79.3 cm³/mol. The standard InChI is InChI=1S/C16H23NO4/c1-21-8-7-17-14(10-15(18)19)16(20)13-6-5-11-3-2-4-12(11)9-13/h5-6,9,14,16-17,20H,2-4,7-8,10H2,1H3,(H,18,19). The Kier molecular flexibility index (Phi) is 5.73. The maximum atomic E-state index is 11.0. The molecule has 0 saturated carbocycles. The molecule has 5 nitrogen and oxygen atoms in total. The van der Waals surface area contributed by atoms with Crippen LogP contribution >= 0.6 is 0 Å². The zero-order valence-corrected chi connectivity index (χ0v) is 12.3. The van der Waals surface area contributed by atoms with E-state index in [0.717, 1.165) is 24.8 Å². The lowest BCUT2D eigenvalue weighted by molar-refractivity contribution is -0.138. The highest BCUT2D eigenvalue weighted by Crippen LogP contribution is 2.27. The van der Waals surface area contributed by atoms with Crippen LogP contribution < -0.4 is 5.32 Å². The molecule has 0 bridgehead atoms. The third kappa shape index (κ3) is 4.27. The summed E-state index contributed by atoms with van der Waals surface area (Å²) in [5.74, 6) is -0.926. The van der Waals surface area contributed by atoms with Gasteiger partial charge in [-0.1, -0.05) is 18.2 Å². The van der Waals surface area contributed by atoms with Gasteiger partial charge in [0.05, 0.1) is 19.1 Å². The maximum absolute atomic E-state index is 11.0. The van der Waals surface area contributed by atoms with E-state index in [1.165, 1.54) is 11.1 Å². The Morgan fingerprint density at radius 3 is 2.86 bits per heavy atom. The van der Waals surface area contributed by atoms with Crippen molar-refractivity contribution in [2.75, 3.05) is 20.3 Å². The number of nitrogens with one attached hydrogen (secondary N) is 1. The van der Waals surface area contributed by atoms with Crippen molar-refractivity contribution in [1.29, 1.82) is 0 Å². The highest BCUT2D eigenvalue weighted by atomic mass is 16.5. The Morgan fingerprint density at radius 1 is 1.38 bits per heavy atom. The minimum atomic E-state index is -0.926. The lowest BCUT2D eigenvalue weighted by atomic mass is 9.96. The average molecular weight is 293 g/mol. The fourth-order valence-corrected chi connectivity index (χ4v) is 2.84. The van der Waals surface area contributed by atoms with Crippen LogP contribution in [0.3, 0.4) is 0 Å². The Bertz CT molecular complexity index is 489. The van der Waals surface area contributed by atoms with Gasteiger partial charge in [-0.3, -0.25) is 4.79 Å². The number of aliphatic hydroxyl groups excluding tert-OH is 1. The van der Waals surface area contributed by atoms with Crippen LogP contribution in [-0.4, -0.2) is 42.5 Å². The third-order valence-corrected chi connectivity index (χ3v) is 3.95. The second kappa shape index (κ2) is 7.54. The lowest BCUT2D eigenvalue weighted by Gasteiger charge is -2.23. The first-order valence-electron chi connectivity index (χ1n) is 7.35. The number of carboxylic acid groups (broad SMARTS) is 1. The molecule has 0 saturated heterocycles. The molecular formula is C16H23NO4. The summed E-state index contributed by atoms with van der Waals surface area (Å²) in [6.45, 7) is 0.990. The molecule has 0 heterocycles. The van der Waals surface area contributed by atoms with Crippen LogP contribution in [0, 0.1) is 0 Å². The van der Waals surface area contributed by atoms with E-state index in [1.54, 1.807) is 7.11 Å². The van der Waals surface area contributed by atoms with Gasteiger partial charge in [0.2, 0.25) is 0 Å². The number of hydrogen-bond acceptors (Lipinski definition) is 4. The molecule has 0 fully saturated rings. The Morgan fingerprint density at radius 2 is 2.14 bits per heavy atom. The normalized spacial score (nSPS) is 16.5. The van der Waals surface area contributed by atoms with Crippen LogP contribution in [0.4, 0.5) is 0 Å². The van der Waals surface area contributed by atoms with E-state index in [1.807, 2.05) is 18.2 Å². The number of aliphatic hydroxyl groups is 1. The first kappa shape index (κ1) is 15.9. The highest BCUT2D eigenvalue weighted by Gasteiger charge is 2.24. The van der Waals surface area contributed by atoms with Gasteiger partial charge in [0.15, 0.2) is 0 Å². The van der Waals surface area contributed by atoms with Crippen LogP contribution in [0.5, 0.6) is 0 Å². The molecule has 21 heavy (non-hydrogen) atoms. The van der Waals surface area contributed by atoms with Crippen molar-refractivity contribution in [3.05, 3.63) is 34.9 Å². The molecule has 1 aromatic carbocycles. The molecule has 5 heteroatoms. The first-order chi connectivity index (χ1) is 10.1. The minimum absolute atomic E-state index is 0.123. The van der Waals surface area contributed by atoms with Gasteiger partial charge in [0.25, 0.3) is 0 Å². The smallest absolute Gasteiger partial charge is 0.305 e. The third-order valence-electron chi connectivity index (χ3n) is 3.95. The van der Waals surface area contributed by atoms with E-state index in [2.05, 4.69) is 5.32 Å². The van der Waals surface area contributed by atoms with Crippen LogP contribution in [0.15, 0.2) is 18.2 Å². The summed E-state index contributed by atoms with van der Waals surface area (Å²) in [5.41, 5.74) is 3.40. The molecule has 2 unspecified atom stereocenters. The zero-order valence-electron chi connectivity index (χ0n) is 12.3. The monoisotopic (exact) mass is 293 g/mol.